The predicted molar refractivity (Wildman–Crippen MR) is 112 cm³/mol. The number of fused-ring (bicyclic) bond motifs is 1. The van der Waals surface area contributed by atoms with Gasteiger partial charge in [-0.1, -0.05) is 11.6 Å². The minimum Gasteiger partial charge on any atom is -0.457 e. The standard InChI is InChI=1S/C23H15ClN4O/c1-12-17(9-16-7-8-20(29-16)14-3-5-15(24)6-4-14)21-13(2)19(11-26)23(27)28-22(21)18(12)10-25/h3-9H,1-2H3,(H2,27,28)/p+1. The number of hydrogen-bond donors (Lipinski definition) is 1. The maximum Gasteiger partial charge on any atom is 0.289 e. The summed E-state index contributed by atoms with van der Waals surface area (Å²) in [6, 6.07) is 15.5. The molecule has 3 aromatic rings. The normalized spacial score (nSPS) is 14.0. The van der Waals surface area contributed by atoms with Gasteiger partial charge in [0.25, 0.3) is 5.82 Å². The van der Waals surface area contributed by atoms with Crippen molar-refractivity contribution in [1.29, 1.82) is 10.5 Å². The van der Waals surface area contributed by atoms with Crippen molar-refractivity contribution in [1.82, 2.24) is 0 Å². The lowest BCUT2D eigenvalue weighted by molar-refractivity contribution is -0.364. The highest BCUT2D eigenvalue weighted by Gasteiger charge is 2.32. The number of nitriles is 2. The van der Waals surface area contributed by atoms with Gasteiger partial charge in [-0.15, -0.1) is 0 Å². The average molecular weight is 400 g/mol. The zero-order chi connectivity index (χ0) is 20.7. The number of hydrogen-bond acceptors (Lipinski definition) is 4. The lowest BCUT2D eigenvalue weighted by atomic mass is 9.96. The number of aromatic nitrogens is 1. The lowest BCUT2D eigenvalue weighted by Gasteiger charge is -2.07. The van der Waals surface area contributed by atoms with Crippen LogP contribution in [-0.4, -0.2) is 0 Å². The van der Waals surface area contributed by atoms with E-state index < -0.39 is 0 Å². The van der Waals surface area contributed by atoms with Crippen LogP contribution in [0.1, 0.15) is 35.1 Å². The van der Waals surface area contributed by atoms with Crippen molar-refractivity contribution in [2.24, 2.45) is 0 Å². The van der Waals surface area contributed by atoms with Gasteiger partial charge in [-0.2, -0.15) is 10.5 Å². The van der Waals surface area contributed by atoms with E-state index in [9.17, 15) is 10.5 Å². The monoisotopic (exact) mass is 399 g/mol. The third-order valence-electron chi connectivity index (χ3n) is 5.09. The Morgan fingerprint density at radius 3 is 2.45 bits per heavy atom. The van der Waals surface area contributed by atoms with Crippen molar-refractivity contribution < 1.29 is 9.40 Å². The molecule has 0 atom stereocenters. The molecule has 3 N–H and O–H groups in total. The molecule has 1 aromatic carbocycles. The van der Waals surface area contributed by atoms with Crippen molar-refractivity contribution in [3.05, 3.63) is 75.1 Å². The molecule has 0 spiro atoms. The number of allylic oxidation sites excluding steroid dienone is 3. The van der Waals surface area contributed by atoms with E-state index in [0.717, 1.165) is 27.8 Å². The third kappa shape index (κ3) is 2.99. The summed E-state index contributed by atoms with van der Waals surface area (Å²) < 4.78 is 6.00. The first kappa shape index (κ1) is 18.6. The van der Waals surface area contributed by atoms with Gasteiger partial charge in [-0.25, -0.2) is 4.98 Å². The first-order valence-corrected chi connectivity index (χ1v) is 9.27. The Bertz CT molecular complexity index is 1300. The third-order valence-corrected chi connectivity index (χ3v) is 5.35. The van der Waals surface area contributed by atoms with Crippen LogP contribution in [0.3, 0.4) is 0 Å². The maximum atomic E-state index is 9.66. The smallest absolute Gasteiger partial charge is 0.289 e. The highest BCUT2D eigenvalue weighted by Crippen LogP contribution is 2.43. The van der Waals surface area contributed by atoms with Gasteiger partial charge in [-0.3, -0.25) is 5.73 Å². The second-order valence-electron chi connectivity index (χ2n) is 6.78. The van der Waals surface area contributed by atoms with Gasteiger partial charge >= 0.3 is 0 Å². The fraction of sp³-hybridized carbons (Fsp3) is 0.0870. The minimum atomic E-state index is 0.258. The van der Waals surface area contributed by atoms with E-state index in [-0.39, 0.29) is 5.82 Å². The van der Waals surface area contributed by atoms with Crippen molar-refractivity contribution in [3.8, 4) is 23.5 Å². The number of benzene rings is 1. The van der Waals surface area contributed by atoms with Crippen LogP contribution in [0.4, 0.5) is 5.82 Å². The van der Waals surface area contributed by atoms with Crippen LogP contribution >= 0.6 is 11.6 Å². The number of nitrogens with one attached hydrogen (secondary N) is 1. The predicted octanol–water partition coefficient (Wildman–Crippen LogP) is 5.03. The topological polar surface area (TPSA) is 101 Å². The van der Waals surface area contributed by atoms with Gasteiger partial charge in [0.05, 0.1) is 0 Å². The van der Waals surface area contributed by atoms with Gasteiger partial charge in [0.15, 0.2) is 5.69 Å². The van der Waals surface area contributed by atoms with Crippen LogP contribution in [0.15, 0.2) is 46.4 Å². The molecule has 140 valence electrons. The summed E-state index contributed by atoms with van der Waals surface area (Å²) >= 11 is 5.95. The van der Waals surface area contributed by atoms with Crippen LogP contribution in [0, 0.1) is 29.6 Å². The molecule has 5 nitrogen and oxygen atoms in total. The van der Waals surface area contributed by atoms with Gasteiger partial charge in [0.1, 0.15) is 34.8 Å². The number of rotatable bonds is 2. The summed E-state index contributed by atoms with van der Waals surface area (Å²) in [6.45, 7) is 3.72. The first-order chi connectivity index (χ1) is 13.9. The van der Waals surface area contributed by atoms with Gasteiger partial charge in [0.2, 0.25) is 0 Å². The molecule has 2 aromatic heterocycles. The van der Waals surface area contributed by atoms with E-state index in [1.807, 2.05) is 56.3 Å². The molecule has 1 aliphatic rings. The van der Waals surface area contributed by atoms with Crippen molar-refractivity contribution in [2.75, 3.05) is 5.73 Å². The molecule has 6 heteroatoms. The fourth-order valence-electron chi connectivity index (χ4n) is 3.61. The van der Waals surface area contributed by atoms with Crippen molar-refractivity contribution in [2.45, 2.75) is 13.8 Å². The molecular weight excluding hydrogens is 384 g/mol. The summed E-state index contributed by atoms with van der Waals surface area (Å²) in [5, 5.41) is 19.8. The van der Waals surface area contributed by atoms with Crippen molar-refractivity contribution in [3.63, 3.8) is 0 Å². The second kappa shape index (κ2) is 6.98. The Labute approximate surface area is 173 Å². The van der Waals surface area contributed by atoms with Gasteiger partial charge in [0, 0.05) is 16.1 Å². The number of aromatic amines is 1. The molecule has 0 saturated heterocycles. The van der Waals surface area contributed by atoms with Gasteiger partial charge < -0.3 is 4.42 Å². The molecule has 0 aliphatic heterocycles. The molecule has 0 fully saturated rings. The highest BCUT2D eigenvalue weighted by atomic mass is 35.5. The number of anilines is 1. The number of nitrogen functional groups attached to an aromatic ring is 1. The Kier molecular flexibility index (Phi) is 4.47. The average Bonchev–Trinajstić information content (AvgIpc) is 3.26. The first-order valence-electron chi connectivity index (χ1n) is 8.89. The number of nitrogens with zero attached hydrogens (tertiary/aromatic N) is 2. The fourth-order valence-corrected chi connectivity index (χ4v) is 3.74. The van der Waals surface area contributed by atoms with E-state index in [1.165, 1.54) is 0 Å². The lowest BCUT2D eigenvalue weighted by Crippen LogP contribution is -2.20. The largest absolute Gasteiger partial charge is 0.457 e. The molecule has 0 amide bonds. The van der Waals surface area contributed by atoms with E-state index in [2.05, 4.69) is 17.1 Å². The van der Waals surface area contributed by atoms with Crippen LogP contribution in [0.2, 0.25) is 5.02 Å². The Hall–Kier alpha value is -3.80. The molecule has 0 unspecified atom stereocenters. The number of nitrogens with two attached hydrogens (primary N) is 1. The minimum absolute atomic E-state index is 0.258. The van der Waals surface area contributed by atoms with E-state index in [1.54, 1.807) is 0 Å². The molecule has 0 saturated carbocycles. The second-order valence-corrected chi connectivity index (χ2v) is 7.22. The van der Waals surface area contributed by atoms with E-state index >= 15 is 0 Å². The molecule has 0 radical (unpaired) electrons. The quantitative estimate of drug-likeness (QED) is 0.653. The molecule has 2 heterocycles. The van der Waals surface area contributed by atoms with Crippen molar-refractivity contribution >= 4 is 34.6 Å². The van der Waals surface area contributed by atoms with Crippen LogP contribution in [-0.2, 0) is 0 Å². The number of furan rings is 1. The van der Waals surface area contributed by atoms with E-state index in [4.69, 9.17) is 21.8 Å². The van der Waals surface area contributed by atoms with Crippen LogP contribution in [0.5, 0.6) is 0 Å². The molecule has 1 aliphatic carbocycles. The summed E-state index contributed by atoms with van der Waals surface area (Å²) in [5.41, 5.74) is 11.6. The number of halogens is 1. The summed E-state index contributed by atoms with van der Waals surface area (Å²) in [4.78, 5) is 3.02. The Morgan fingerprint density at radius 1 is 1.07 bits per heavy atom. The summed E-state index contributed by atoms with van der Waals surface area (Å²) in [6.07, 6.45) is 1.89. The summed E-state index contributed by atoms with van der Waals surface area (Å²) in [5.74, 6) is 1.62. The van der Waals surface area contributed by atoms with Crippen LogP contribution < -0.4 is 10.7 Å². The SMILES string of the molecule is CC1=C(C#N)c2[nH+]c(N)c(C#N)c(C)c2C1=Cc1ccc(-c2ccc(Cl)cc2)o1. The number of H-pyrrole nitrogens is 1. The summed E-state index contributed by atoms with van der Waals surface area (Å²) in [7, 11) is 0. The van der Waals surface area contributed by atoms with Crippen LogP contribution in [0.25, 0.3) is 28.5 Å². The molecule has 0 bridgehead atoms. The van der Waals surface area contributed by atoms with Gasteiger partial charge in [-0.05, 0) is 73.0 Å². The Balaban J connectivity index is 1.86. The maximum absolute atomic E-state index is 9.66. The highest BCUT2D eigenvalue weighted by molar-refractivity contribution is 6.30. The molecule has 4 rings (SSSR count). The zero-order valence-electron chi connectivity index (χ0n) is 15.8. The molecule has 29 heavy (non-hydrogen) atoms. The zero-order valence-corrected chi connectivity index (χ0v) is 16.6. The van der Waals surface area contributed by atoms with E-state index in [0.29, 0.717) is 33.4 Å². The molecular formula is C23H16ClN4O+. The number of pyridine rings is 1. The Morgan fingerprint density at radius 2 is 1.79 bits per heavy atom.